The fourth-order valence-corrected chi connectivity index (χ4v) is 3.22. The van der Waals surface area contributed by atoms with E-state index in [0.717, 1.165) is 31.4 Å². The van der Waals surface area contributed by atoms with Gasteiger partial charge >= 0.3 is 5.97 Å². The Balaban J connectivity index is 1.63. The maximum atomic E-state index is 12.2. The number of carboxylic acids is 1. The molecule has 1 amide bonds. The molecule has 132 valence electrons. The fourth-order valence-electron chi connectivity index (χ4n) is 3.22. The molecular formula is C19H27NO4. The summed E-state index contributed by atoms with van der Waals surface area (Å²) in [5.74, 6) is -0.207. The van der Waals surface area contributed by atoms with Crippen LogP contribution in [0.5, 0.6) is 5.75 Å². The largest absolute Gasteiger partial charge is 0.497 e. The first kappa shape index (κ1) is 18.3. The summed E-state index contributed by atoms with van der Waals surface area (Å²) in [5.41, 5.74) is 1.28. The number of aryl methyl sites for hydroxylation is 1. The van der Waals surface area contributed by atoms with Crippen molar-refractivity contribution in [1.29, 1.82) is 0 Å². The molecule has 1 aromatic rings. The van der Waals surface area contributed by atoms with E-state index in [1.807, 2.05) is 19.1 Å². The molecule has 0 spiro atoms. The smallest absolute Gasteiger partial charge is 0.308 e. The molecule has 0 saturated carbocycles. The quantitative estimate of drug-likeness (QED) is 0.743. The van der Waals surface area contributed by atoms with Crippen molar-refractivity contribution in [2.45, 2.75) is 39.0 Å². The summed E-state index contributed by atoms with van der Waals surface area (Å²) in [7, 11) is 1.66. The summed E-state index contributed by atoms with van der Waals surface area (Å²) in [6, 6.07) is 8.07. The highest BCUT2D eigenvalue weighted by atomic mass is 16.5. The van der Waals surface area contributed by atoms with E-state index in [2.05, 4.69) is 12.1 Å². The lowest BCUT2D eigenvalue weighted by Gasteiger charge is -2.15. The third-order valence-corrected chi connectivity index (χ3v) is 4.80. The topological polar surface area (TPSA) is 66.8 Å². The lowest BCUT2D eigenvalue weighted by Crippen LogP contribution is -2.29. The molecule has 1 fully saturated rings. The number of ether oxygens (including phenoxy) is 1. The van der Waals surface area contributed by atoms with Crippen molar-refractivity contribution in [2.75, 3.05) is 20.2 Å². The first-order valence-electron chi connectivity index (χ1n) is 8.64. The minimum absolute atomic E-state index is 0.0431. The first-order valence-corrected chi connectivity index (χ1v) is 8.64. The predicted molar refractivity (Wildman–Crippen MR) is 92.0 cm³/mol. The van der Waals surface area contributed by atoms with Gasteiger partial charge in [-0.05, 0) is 42.9 Å². The number of hydrogen-bond donors (Lipinski definition) is 1. The van der Waals surface area contributed by atoms with Gasteiger partial charge in [0.25, 0.3) is 0 Å². The maximum Gasteiger partial charge on any atom is 0.308 e. The second kappa shape index (κ2) is 8.71. The van der Waals surface area contributed by atoms with E-state index in [1.165, 1.54) is 5.56 Å². The molecular weight excluding hydrogens is 306 g/mol. The minimum Gasteiger partial charge on any atom is -0.497 e. The molecule has 0 aromatic heterocycles. The van der Waals surface area contributed by atoms with E-state index in [0.29, 0.717) is 19.5 Å². The molecule has 0 unspecified atom stereocenters. The highest BCUT2D eigenvalue weighted by molar-refractivity contribution is 5.78. The lowest BCUT2D eigenvalue weighted by molar-refractivity contribution is -0.142. The molecule has 2 rings (SSSR count). The van der Waals surface area contributed by atoms with Crippen LogP contribution in [0.25, 0.3) is 0 Å². The van der Waals surface area contributed by atoms with Crippen molar-refractivity contribution < 1.29 is 19.4 Å². The second-order valence-electron chi connectivity index (χ2n) is 6.63. The van der Waals surface area contributed by atoms with Crippen molar-refractivity contribution >= 4 is 11.9 Å². The zero-order valence-corrected chi connectivity index (χ0v) is 14.5. The van der Waals surface area contributed by atoms with Crippen LogP contribution in [-0.4, -0.2) is 42.1 Å². The van der Waals surface area contributed by atoms with E-state index in [4.69, 9.17) is 9.84 Å². The number of carbonyl (C=O) groups excluding carboxylic acids is 1. The normalized spacial score (nSPS) is 20.2. The van der Waals surface area contributed by atoms with Gasteiger partial charge in [-0.2, -0.15) is 0 Å². The van der Waals surface area contributed by atoms with Gasteiger partial charge in [0, 0.05) is 19.5 Å². The van der Waals surface area contributed by atoms with E-state index in [-0.39, 0.29) is 11.8 Å². The van der Waals surface area contributed by atoms with E-state index in [9.17, 15) is 9.59 Å². The Hall–Kier alpha value is -2.04. The molecule has 1 heterocycles. The molecule has 0 aliphatic carbocycles. The van der Waals surface area contributed by atoms with Gasteiger partial charge in [0.05, 0.1) is 13.0 Å². The number of carboxylic acid groups (broad SMARTS) is 1. The summed E-state index contributed by atoms with van der Waals surface area (Å²) in [6.07, 6.45) is 4.43. The van der Waals surface area contributed by atoms with Crippen LogP contribution in [-0.2, 0) is 16.0 Å². The third-order valence-electron chi connectivity index (χ3n) is 4.80. The van der Waals surface area contributed by atoms with Gasteiger partial charge in [-0.1, -0.05) is 25.5 Å². The van der Waals surface area contributed by atoms with E-state index in [1.54, 1.807) is 12.0 Å². The molecule has 1 aromatic carbocycles. The highest BCUT2D eigenvalue weighted by Gasteiger charge is 2.36. The van der Waals surface area contributed by atoms with E-state index < -0.39 is 11.9 Å². The molecule has 1 aliphatic heterocycles. The molecule has 1 N–H and O–H groups in total. The highest BCUT2D eigenvalue weighted by Crippen LogP contribution is 2.24. The van der Waals surface area contributed by atoms with Gasteiger partial charge in [0.1, 0.15) is 5.75 Å². The zero-order valence-electron chi connectivity index (χ0n) is 14.5. The SMILES string of the molecule is COc1ccc(CCCCCC(=O)N2C[C@@H](C)[C@H](C(=O)O)C2)cc1. The molecule has 1 saturated heterocycles. The zero-order chi connectivity index (χ0) is 17.5. The Kier molecular flexibility index (Phi) is 6.64. The van der Waals surface area contributed by atoms with Gasteiger partial charge < -0.3 is 14.7 Å². The van der Waals surface area contributed by atoms with Crippen LogP contribution in [0.15, 0.2) is 24.3 Å². The van der Waals surface area contributed by atoms with Crippen molar-refractivity contribution in [2.24, 2.45) is 11.8 Å². The summed E-state index contributed by atoms with van der Waals surface area (Å²) in [5, 5.41) is 9.12. The summed E-state index contributed by atoms with van der Waals surface area (Å²) >= 11 is 0. The molecule has 5 nitrogen and oxygen atoms in total. The Labute approximate surface area is 143 Å². The number of nitrogens with zero attached hydrogens (tertiary/aromatic N) is 1. The average Bonchev–Trinajstić information content (AvgIpc) is 2.97. The Morgan fingerprint density at radius 2 is 1.88 bits per heavy atom. The Bertz CT molecular complexity index is 555. The van der Waals surface area contributed by atoms with Crippen molar-refractivity contribution in [3.8, 4) is 5.75 Å². The van der Waals surface area contributed by atoms with Crippen LogP contribution in [0.1, 0.15) is 38.2 Å². The van der Waals surface area contributed by atoms with Crippen LogP contribution in [0.4, 0.5) is 0 Å². The standard InChI is InChI=1S/C19H27NO4/c1-14-12-20(13-17(14)19(22)23)18(21)7-5-3-4-6-15-8-10-16(24-2)11-9-15/h8-11,14,17H,3-7,12-13H2,1-2H3,(H,22,23)/t14-,17-/m1/s1. The van der Waals surface area contributed by atoms with Gasteiger partial charge in [-0.25, -0.2) is 0 Å². The second-order valence-corrected chi connectivity index (χ2v) is 6.63. The number of rotatable bonds is 8. The molecule has 1 aliphatic rings. The molecule has 0 bridgehead atoms. The minimum atomic E-state index is -0.794. The molecule has 24 heavy (non-hydrogen) atoms. The number of methoxy groups -OCH3 is 1. The van der Waals surface area contributed by atoms with Gasteiger partial charge in [-0.3, -0.25) is 9.59 Å². The van der Waals surface area contributed by atoms with Crippen molar-refractivity contribution in [3.05, 3.63) is 29.8 Å². The number of amides is 1. The predicted octanol–water partition coefficient (Wildman–Crippen LogP) is 2.98. The number of aliphatic carboxylic acids is 1. The third kappa shape index (κ3) is 4.98. The van der Waals surface area contributed by atoms with Crippen LogP contribution in [0.2, 0.25) is 0 Å². The van der Waals surface area contributed by atoms with Crippen LogP contribution in [0, 0.1) is 11.8 Å². The van der Waals surface area contributed by atoms with E-state index >= 15 is 0 Å². The summed E-state index contributed by atoms with van der Waals surface area (Å²) in [4.78, 5) is 25.0. The lowest BCUT2D eigenvalue weighted by atomic mass is 9.99. The first-order chi connectivity index (χ1) is 11.5. The molecule has 0 radical (unpaired) electrons. The van der Waals surface area contributed by atoms with Crippen LogP contribution < -0.4 is 4.74 Å². The summed E-state index contributed by atoms with van der Waals surface area (Å²) in [6.45, 7) is 2.84. The number of hydrogen-bond acceptors (Lipinski definition) is 3. The van der Waals surface area contributed by atoms with Crippen molar-refractivity contribution in [1.82, 2.24) is 4.90 Å². The number of benzene rings is 1. The number of likely N-dealkylation sites (tertiary alicyclic amines) is 1. The fraction of sp³-hybridized carbons (Fsp3) is 0.579. The molecule has 2 atom stereocenters. The van der Waals surface area contributed by atoms with Crippen LogP contribution in [0.3, 0.4) is 0 Å². The Morgan fingerprint density at radius 1 is 1.17 bits per heavy atom. The number of unbranched alkanes of at least 4 members (excludes halogenated alkanes) is 2. The monoisotopic (exact) mass is 333 g/mol. The van der Waals surface area contributed by atoms with Gasteiger partial charge in [0.2, 0.25) is 5.91 Å². The van der Waals surface area contributed by atoms with Crippen molar-refractivity contribution in [3.63, 3.8) is 0 Å². The maximum absolute atomic E-state index is 12.2. The average molecular weight is 333 g/mol. The number of carbonyl (C=O) groups is 2. The Morgan fingerprint density at radius 3 is 2.46 bits per heavy atom. The van der Waals surface area contributed by atoms with Crippen LogP contribution >= 0.6 is 0 Å². The van der Waals surface area contributed by atoms with Gasteiger partial charge in [-0.15, -0.1) is 0 Å². The summed E-state index contributed by atoms with van der Waals surface area (Å²) < 4.78 is 5.14. The molecule has 5 heteroatoms. The van der Waals surface area contributed by atoms with Gasteiger partial charge in [0.15, 0.2) is 0 Å².